The highest BCUT2D eigenvalue weighted by atomic mass is 35.5. The minimum Gasteiger partial charge on any atom is -0.481 e. The third-order valence-electron chi connectivity index (χ3n) is 5.02. The van der Waals surface area contributed by atoms with Crippen LogP contribution in [0.5, 0.6) is 0 Å². The predicted molar refractivity (Wildman–Crippen MR) is 97.0 cm³/mol. The topological polar surface area (TPSA) is 64.1 Å². The van der Waals surface area contributed by atoms with Crippen LogP contribution in [0.2, 0.25) is 5.02 Å². The second-order valence-corrected chi connectivity index (χ2v) is 7.20. The van der Waals surface area contributed by atoms with Crippen molar-refractivity contribution in [2.45, 2.75) is 12.8 Å². The number of likely N-dealkylation sites (tertiary alicyclic amines) is 1. The van der Waals surface area contributed by atoms with Crippen molar-refractivity contribution in [1.29, 1.82) is 0 Å². The van der Waals surface area contributed by atoms with E-state index in [1.54, 1.807) is 0 Å². The van der Waals surface area contributed by atoms with Crippen molar-refractivity contribution >= 4 is 29.2 Å². The lowest BCUT2D eigenvalue weighted by Crippen LogP contribution is -2.52. The Balaban J connectivity index is 1.49. The lowest BCUT2D eigenvalue weighted by atomic mass is 9.98. The molecule has 1 N–H and O–H groups in total. The fourth-order valence-electron chi connectivity index (χ4n) is 3.58. The van der Waals surface area contributed by atoms with E-state index in [-0.39, 0.29) is 11.8 Å². The molecule has 1 atom stereocenters. The number of anilines is 1. The molecule has 1 aromatic rings. The number of rotatable bonds is 4. The number of amides is 1. The van der Waals surface area contributed by atoms with Crippen LogP contribution >= 0.6 is 11.6 Å². The second kappa shape index (κ2) is 8.06. The summed E-state index contributed by atoms with van der Waals surface area (Å²) in [7, 11) is 0. The van der Waals surface area contributed by atoms with Gasteiger partial charge in [-0.3, -0.25) is 14.5 Å². The van der Waals surface area contributed by atoms with E-state index in [9.17, 15) is 9.59 Å². The normalized spacial score (nSPS) is 22.0. The van der Waals surface area contributed by atoms with Gasteiger partial charge in [0.25, 0.3) is 0 Å². The number of carbonyl (C=O) groups is 2. The molecule has 136 valence electrons. The van der Waals surface area contributed by atoms with Crippen LogP contribution in [-0.4, -0.2) is 72.6 Å². The van der Waals surface area contributed by atoms with E-state index in [1.165, 1.54) is 0 Å². The third-order valence-corrected chi connectivity index (χ3v) is 5.25. The van der Waals surface area contributed by atoms with Gasteiger partial charge < -0.3 is 14.9 Å². The summed E-state index contributed by atoms with van der Waals surface area (Å²) < 4.78 is 0. The van der Waals surface area contributed by atoms with E-state index in [0.29, 0.717) is 37.6 Å². The van der Waals surface area contributed by atoms with Crippen LogP contribution in [0.15, 0.2) is 24.3 Å². The molecule has 25 heavy (non-hydrogen) atoms. The maximum absolute atomic E-state index is 12.5. The zero-order valence-electron chi connectivity index (χ0n) is 14.2. The Labute approximate surface area is 152 Å². The molecule has 0 spiro atoms. The number of piperazine rings is 1. The number of carboxylic acids is 1. The number of halogens is 1. The van der Waals surface area contributed by atoms with Crippen molar-refractivity contribution in [3.05, 3.63) is 29.3 Å². The minimum atomic E-state index is -0.757. The van der Waals surface area contributed by atoms with Gasteiger partial charge in [-0.15, -0.1) is 0 Å². The Kier molecular flexibility index (Phi) is 5.81. The lowest BCUT2D eigenvalue weighted by molar-refractivity contribution is -0.145. The summed E-state index contributed by atoms with van der Waals surface area (Å²) in [5.41, 5.74) is 1.08. The first-order valence-electron chi connectivity index (χ1n) is 8.76. The van der Waals surface area contributed by atoms with Gasteiger partial charge in [0, 0.05) is 43.4 Å². The molecule has 2 heterocycles. The quantitative estimate of drug-likeness (QED) is 0.881. The van der Waals surface area contributed by atoms with Gasteiger partial charge in [0.2, 0.25) is 5.91 Å². The van der Waals surface area contributed by atoms with Gasteiger partial charge in [-0.25, -0.2) is 0 Å². The first kappa shape index (κ1) is 18.0. The highest BCUT2D eigenvalue weighted by Crippen LogP contribution is 2.21. The molecule has 0 radical (unpaired) electrons. The van der Waals surface area contributed by atoms with E-state index in [2.05, 4.69) is 4.90 Å². The lowest BCUT2D eigenvalue weighted by Gasteiger charge is -2.38. The SMILES string of the molecule is O=C(O)C1CCCN(CC(=O)N2CCN(c3cccc(Cl)c3)CC2)C1. The van der Waals surface area contributed by atoms with E-state index in [1.807, 2.05) is 34.1 Å². The van der Waals surface area contributed by atoms with E-state index < -0.39 is 5.97 Å². The molecule has 1 unspecified atom stereocenters. The number of carbonyl (C=O) groups excluding carboxylic acids is 1. The maximum atomic E-state index is 12.5. The third kappa shape index (κ3) is 4.64. The van der Waals surface area contributed by atoms with Crippen LogP contribution in [0.1, 0.15) is 12.8 Å². The molecule has 3 rings (SSSR count). The Hall–Kier alpha value is -1.79. The number of hydrogen-bond acceptors (Lipinski definition) is 4. The number of aliphatic carboxylic acids is 1. The van der Waals surface area contributed by atoms with Crippen molar-refractivity contribution < 1.29 is 14.7 Å². The highest BCUT2D eigenvalue weighted by molar-refractivity contribution is 6.30. The standard InChI is InChI=1S/C18H24ClN3O3/c19-15-4-1-5-16(11-15)21-7-9-22(10-8-21)17(23)13-20-6-2-3-14(12-20)18(24)25/h1,4-5,11,14H,2-3,6-10,12-13H2,(H,24,25). The predicted octanol–water partition coefficient (Wildman–Crippen LogP) is 1.79. The second-order valence-electron chi connectivity index (χ2n) is 6.76. The number of benzene rings is 1. The smallest absolute Gasteiger partial charge is 0.307 e. The number of piperidine rings is 1. The van der Waals surface area contributed by atoms with E-state index in [0.717, 1.165) is 31.7 Å². The summed E-state index contributed by atoms with van der Waals surface area (Å²) in [5.74, 6) is -1.01. The molecule has 0 aromatic heterocycles. The molecule has 2 fully saturated rings. The van der Waals surface area contributed by atoms with Crippen molar-refractivity contribution in [3.63, 3.8) is 0 Å². The summed E-state index contributed by atoms with van der Waals surface area (Å²) in [6.45, 7) is 4.53. The molecular weight excluding hydrogens is 342 g/mol. The highest BCUT2D eigenvalue weighted by Gasteiger charge is 2.28. The summed E-state index contributed by atoms with van der Waals surface area (Å²) in [6, 6.07) is 7.76. The van der Waals surface area contributed by atoms with Crippen LogP contribution in [0.4, 0.5) is 5.69 Å². The largest absolute Gasteiger partial charge is 0.481 e. The van der Waals surface area contributed by atoms with E-state index >= 15 is 0 Å². The Morgan fingerprint density at radius 3 is 2.60 bits per heavy atom. The monoisotopic (exact) mass is 365 g/mol. The fourth-order valence-corrected chi connectivity index (χ4v) is 3.76. The van der Waals surface area contributed by atoms with Gasteiger partial charge in [-0.2, -0.15) is 0 Å². The average Bonchev–Trinajstić information content (AvgIpc) is 2.62. The minimum absolute atomic E-state index is 0.0942. The van der Waals surface area contributed by atoms with Gasteiger partial charge in [0.1, 0.15) is 0 Å². The Morgan fingerprint density at radius 2 is 1.92 bits per heavy atom. The Morgan fingerprint density at radius 1 is 1.16 bits per heavy atom. The molecule has 0 saturated carbocycles. The first-order chi connectivity index (χ1) is 12.0. The van der Waals surface area contributed by atoms with Crippen LogP contribution in [0.25, 0.3) is 0 Å². The van der Waals surface area contributed by atoms with Crippen molar-refractivity contribution in [2.75, 3.05) is 50.7 Å². The molecule has 6 nitrogen and oxygen atoms in total. The molecular formula is C18H24ClN3O3. The fraction of sp³-hybridized carbons (Fsp3) is 0.556. The Bertz CT molecular complexity index is 632. The number of carboxylic acid groups (broad SMARTS) is 1. The summed E-state index contributed by atoms with van der Waals surface area (Å²) in [6.07, 6.45) is 1.55. The van der Waals surface area contributed by atoms with Crippen molar-refractivity contribution in [1.82, 2.24) is 9.80 Å². The van der Waals surface area contributed by atoms with Crippen LogP contribution in [0.3, 0.4) is 0 Å². The van der Waals surface area contributed by atoms with Gasteiger partial charge in [-0.05, 0) is 37.6 Å². The molecule has 2 aliphatic rings. The maximum Gasteiger partial charge on any atom is 0.307 e. The summed E-state index contributed by atoms with van der Waals surface area (Å²) in [5, 5.41) is 9.88. The molecule has 7 heteroatoms. The zero-order valence-corrected chi connectivity index (χ0v) is 15.0. The molecule has 0 bridgehead atoms. The van der Waals surface area contributed by atoms with Crippen molar-refractivity contribution in [3.8, 4) is 0 Å². The molecule has 1 aromatic carbocycles. The molecule has 1 amide bonds. The molecule has 0 aliphatic carbocycles. The average molecular weight is 366 g/mol. The number of hydrogen-bond donors (Lipinski definition) is 1. The van der Waals surface area contributed by atoms with Crippen LogP contribution in [-0.2, 0) is 9.59 Å². The van der Waals surface area contributed by atoms with Gasteiger partial charge in [-0.1, -0.05) is 17.7 Å². The molecule has 2 saturated heterocycles. The first-order valence-corrected chi connectivity index (χ1v) is 9.14. The van der Waals surface area contributed by atoms with Gasteiger partial charge in [0.15, 0.2) is 0 Å². The molecule has 2 aliphatic heterocycles. The van der Waals surface area contributed by atoms with Gasteiger partial charge in [0.05, 0.1) is 12.5 Å². The summed E-state index contributed by atoms with van der Waals surface area (Å²) in [4.78, 5) is 29.8. The van der Waals surface area contributed by atoms with Crippen LogP contribution < -0.4 is 4.90 Å². The van der Waals surface area contributed by atoms with Gasteiger partial charge >= 0.3 is 5.97 Å². The summed E-state index contributed by atoms with van der Waals surface area (Å²) >= 11 is 6.05. The van der Waals surface area contributed by atoms with Crippen LogP contribution in [0, 0.1) is 5.92 Å². The van der Waals surface area contributed by atoms with E-state index in [4.69, 9.17) is 16.7 Å². The zero-order chi connectivity index (χ0) is 17.8. The van der Waals surface area contributed by atoms with Crippen molar-refractivity contribution in [2.24, 2.45) is 5.92 Å². The number of nitrogens with zero attached hydrogens (tertiary/aromatic N) is 3.